The predicted octanol–water partition coefficient (Wildman–Crippen LogP) is 4.15. The zero-order chi connectivity index (χ0) is 12.8. The number of rotatable bonds is 6. The van der Waals surface area contributed by atoms with Gasteiger partial charge in [0.2, 0.25) is 0 Å². The lowest BCUT2D eigenvalue weighted by Gasteiger charge is -2.20. The van der Waals surface area contributed by atoms with Crippen LogP contribution in [0, 0.1) is 11.7 Å². The van der Waals surface area contributed by atoms with Crippen LogP contribution in [0.25, 0.3) is 0 Å². The Morgan fingerprint density at radius 3 is 2.65 bits per heavy atom. The summed E-state index contributed by atoms with van der Waals surface area (Å²) in [6.07, 6.45) is 3.30. The molecule has 0 bridgehead atoms. The standard InChI is InChI=1S/C14H21BrFN/c1-4-10(2)7-12(17-3)8-11-5-6-14(16)13(15)9-11/h5-6,9-10,12,17H,4,7-8H2,1-3H3. The molecule has 17 heavy (non-hydrogen) atoms. The Morgan fingerprint density at radius 2 is 2.12 bits per heavy atom. The van der Waals surface area contributed by atoms with Crippen molar-refractivity contribution in [1.82, 2.24) is 5.32 Å². The second-order valence-corrected chi connectivity index (χ2v) is 5.54. The van der Waals surface area contributed by atoms with Crippen LogP contribution in [0.5, 0.6) is 0 Å². The Hall–Kier alpha value is -0.410. The number of halogens is 2. The largest absolute Gasteiger partial charge is 0.317 e. The van der Waals surface area contributed by atoms with Crippen LogP contribution in [0.3, 0.4) is 0 Å². The van der Waals surface area contributed by atoms with Crippen LogP contribution in [-0.4, -0.2) is 13.1 Å². The van der Waals surface area contributed by atoms with Crippen molar-refractivity contribution in [2.75, 3.05) is 7.05 Å². The summed E-state index contributed by atoms with van der Waals surface area (Å²) in [5.41, 5.74) is 1.17. The summed E-state index contributed by atoms with van der Waals surface area (Å²) in [6.45, 7) is 4.48. The number of hydrogen-bond acceptors (Lipinski definition) is 1. The summed E-state index contributed by atoms with van der Waals surface area (Å²) in [6, 6.07) is 5.72. The van der Waals surface area contributed by atoms with E-state index in [0.717, 1.165) is 18.8 Å². The lowest BCUT2D eigenvalue weighted by atomic mass is 9.95. The fourth-order valence-corrected chi connectivity index (χ4v) is 2.33. The predicted molar refractivity (Wildman–Crippen MR) is 74.7 cm³/mol. The zero-order valence-corrected chi connectivity index (χ0v) is 12.3. The van der Waals surface area contributed by atoms with Gasteiger partial charge in [0.15, 0.2) is 0 Å². The van der Waals surface area contributed by atoms with Gasteiger partial charge in [0.05, 0.1) is 4.47 Å². The van der Waals surface area contributed by atoms with Crippen molar-refractivity contribution < 1.29 is 4.39 Å². The van der Waals surface area contributed by atoms with Crippen LogP contribution in [0.15, 0.2) is 22.7 Å². The van der Waals surface area contributed by atoms with Crippen molar-refractivity contribution in [2.45, 2.75) is 39.2 Å². The molecule has 1 rings (SSSR count). The average molecular weight is 302 g/mol. The van der Waals surface area contributed by atoms with E-state index in [9.17, 15) is 4.39 Å². The monoisotopic (exact) mass is 301 g/mol. The third-order valence-electron chi connectivity index (χ3n) is 3.26. The van der Waals surface area contributed by atoms with Crippen LogP contribution in [0.4, 0.5) is 4.39 Å². The van der Waals surface area contributed by atoms with Gasteiger partial charge in [-0.15, -0.1) is 0 Å². The molecule has 0 amide bonds. The minimum atomic E-state index is -0.198. The molecule has 0 heterocycles. The molecule has 3 heteroatoms. The normalized spacial score (nSPS) is 14.6. The molecule has 96 valence electrons. The molecule has 1 aromatic carbocycles. The summed E-state index contributed by atoms with van der Waals surface area (Å²) in [7, 11) is 1.99. The van der Waals surface area contributed by atoms with Gasteiger partial charge in [0.25, 0.3) is 0 Å². The van der Waals surface area contributed by atoms with E-state index in [4.69, 9.17) is 0 Å². The summed E-state index contributed by atoms with van der Waals surface area (Å²) in [5, 5.41) is 3.34. The van der Waals surface area contributed by atoms with Gasteiger partial charge in [-0.3, -0.25) is 0 Å². The average Bonchev–Trinajstić information content (AvgIpc) is 2.32. The van der Waals surface area contributed by atoms with E-state index in [1.807, 2.05) is 19.2 Å². The SMILES string of the molecule is CCC(C)CC(Cc1ccc(F)c(Br)c1)NC. The molecule has 2 unspecified atom stereocenters. The van der Waals surface area contributed by atoms with Crippen LogP contribution in [-0.2, 0) is 6.42 Å². The fraction of sp³-hybridized carbons (Fsp3) is 0.571. The first-order chi connectivity index (χ1) is 8.06. The van der Waals surface area contributed by atoms with E-state index in [0.29, 0.717) is 10.5 Å². The zero-order valence-electron chi connectivity index (χ0n) is 10.8. The maximum Gasteiger partial charge on any atom is 0.137 e. The Labute approximate surface area is 112 Å². The summed E-state index contributed by atoms with van der Waals surface area (Å²) in [4.78, 5) is 0. The van der Waals surface area contributed by atoms with Gasteiger partial charge < -0.3 is 5.32 Å². The first-order valence-electron chi connectivity index (χ1n) is 6.18. The first-order valence-corrected chi connectivity index (χ1v) is 6.97. The summed E-state index contributed by atoms with van der Waals surface area (Å²) in [5.74, 6) is 0.521. The second-order valence-electron chi connectivity index (χ2n) is 4.69. The lowest BCUT2D eigenvalue weighted by Crippen LogP contribution is -2.29. The van der Waals surface area contributed by atoms with Gasteiger partial charge in [0.1, 0.15) is 5.82 Å². The van der Waals surface area contributed by atoms with Gasteiger partial charge in [-0.2, -0.15) is 0 Å². The maximum absolute atomic E-state index is 13.1. The van der Waals surface area contributed by atoms with E-state index in [2.05, 4.69) is 35.1 Å². The Balaban J connectivity index is 2.63. The number of hydrogen-bond donors (Lipinski definition) is 1. The lowest BCUT2D eigenvalue weighted by molar-refractivity contribution is 0.410. The molecular formula is C14H21BrFN. The Kier molecular flexibility index (Phi) is 6.14. The smallest absolute Gasteiger partial charge is 0.137 e. The highest BCUT2D eigenvalue weighted by atomic mass is 79.9. The van der Waals surface area contributed by atoms with Gasteiger partial charge in [0, 0.05) is 6.04 Å². The molecule has 0 aromatic heterocycles. The molecule has 1 N–H and O–H groups in total. The minimum absolute atomic E-state index is 0.198. The highest BCUT2D eigenvalue weighted by molar-refractivity contribution is 9.10. The number of benzene rings is 1. The molecule has 0 aliphatic rings. The first kappa shape index (κ1) is 14.7. The van der Waals surface area contributed by atoms with Crippen molar-refractivity contribution >= 4 is 15.9 Å². The minimum Gasteiger partial charge on any atom is -0.317 e. The van der Waals surface area contributed by atoms with Crippen molar-refractivity contribution in [3.8, 4) is 0 Å². The van der Waals surface area contributed by atoms with Crippen molar-refractivity contribution in [2.24, 2.45) is 5.92 Å². The van der Waals surface area contributed by atoms with E-state index in [-0.39, 0.29) is 5.82 Å². The van der Waals surface area contributed by atoms with Crippen molar-refractivity contribution in [1.29, 1.82) is 0 Å². The van der Waals surface area contributed by atoms with Crippen LogP contribution in [0.1, 0.15) is 32.3 Å². The maximum atomic E-state index is 13.1. The number of likely N-dealkylation sites (N-methyl/N-ethyl adjacent to an activating group) is 1. The summed E-state index contributed by atoms with van der Waals surface area (Å²) < 4.78 is 13.7. The van der Waals surface area contributed by atoms with Gasteiger partial charge in [-0.25, -0.2) is 4.39 Å². The van der Waals surface area contributed by atoms with Crippen LogP contribution >= 0.6 is 15.9 Å². The molecule has 0 spiro atoms. The molecule has 0 radical (unpaired) electrons. The second kappa shape index (κ2) is 7.12. The molecule has 0 saturated carbocycles. The third kappa shape index (κ3) is 4.76. The van der Waals surface area contributed by atoms with Gasteiger partial charge in [-0.1, -0.05) is 26.3 Å². The van der Waals surface area contributed by atoms with E-state index >= 15 is 0 Å². The van der Waals surface area contributed by atoms with E-state index < -0.39 is 0 Å². The van der Waals surface area contributed by atoms with Crippen LogP contribution in [0.2, 0.25) is 0 Å². The van der Waals surface area contributed by atoms with E-state index in [1.165, 1.54) is 18.1 Å². The highest BCUT2D eigenvalue weighted by Gasteiger charge is 2.11. The molecule has 1 nitrogen and oxygen atoms in total. The molecular weight excluding hydrogens is 281 g/mol. The quantitative estimate of drug-likeness (QED) is 0.832. The van der Waals surface area contributed by atoms with Crippen molar-refractivity contribution in [3.05, 3.63) is 34.1 Å². The van der Waals surface area contributed by atoms with Gasteiger partial charge in [-0.05, 0) is 59.4 Å². The molecule has 0 saturated heterocycles. The Morgan fingerprint density at radius 1 is 1.41 bits per heavy atom. The number of nitrogens with one attached hydrogen (secondary N) is 1. The molecule has 1 aromatic rings. The third-order valence-corrected chi connectivity index (χ3v) is 3.87. The summed E-state index contributed by atoms with van der Waals surface area (Å²) >= 11 is 3.23. The molecule has 0 aliphatic carbocycles. The molecule has 0 fully saturated rings. The van der Waals surface area contributed by atoms with Crippen LogP contribution < -0.4 is 5.32 Å². The van der Waals surface area contributed by atoms with Crippen molar-refractivity contribution in [3.63, 3.8) is 0 Å². The highest BCUT2D eigenvalue weighted by Crippen LogP contribution is 2.19. The Bertz CT molecular complexity index is 354. The fourth-order valence-electron chi connectivity index (χ4n) is 1.91. The van der Waals surface area contributed by atoms with Gasteiger partial charge >= 0.3 is 0 Å². The molecule has 2 atom stereocenters. The van der Waals surface area contributed by atoms with E-state index in [1.54, 1.807) is 0 Å². The molecule has 0 aliphatic heterocycles. The topological polar surface area (TPSA) is 12.0 Å².